The van der Waals surface area contributed by atoms with Gasteiger partial charge >= 0.3 is 0 Å². The topological polar surface area (TPSA) is 33.0 Å². The van der Waals surface area contributed by atoms with Crippen LogP contribution in [-0.4, -0.2) is 7.11 Å². The second-order valence-electron chi connectivity index (χ2n) is 3.09. The van der Waals surface area contributed by atoms with Gasteiger partial charge in [0.25, 0.3) is 0 Å². The van der Waals surface area contributed by atoms with Crippen molar-refractivity contribution in [3.8, 4) is 11.8 Å². The zero-order valence-corrected chi connectivity index (χ0v) is 9.71. The number of halogens is 1. The fourth-order valence-electron chi connectivity index (χ4n) is 1.56. The maximum absolute atomic E-state index is 8.96. The number of hydrogen-bond acceptors (Lipinski definition) is 2. The molecule has 0 aliphatic heterocycles. The predicted molar refractivity (Wildman–Crippen MR) is 62.9 cm³/mol. The number of methoxy groups -OCH3 is 1. The van der Waals surface area contributed by atoms with Crippen LogP contribution in [0.3, 0.4) is 0 Å². The minimum absolute atomic E-state index is 0.677. The monoisotopic (exact) mass is 261 g/mol. The Morgan fingerprint density at radius 3 is 2.67 bits per heavy atom. The van der Waals surface area contributed by atoms with E-state index >= 15 is 0 Å². The lowest BCUT2D eigenvalue weighted by molar-refractivity contribution is 0.413. The molecule has 0 radical (unpaired) electrons. The summed E-state index contributed by atoms with van der Waals surface area (Å²) >= 11 is 3.47. The number of benzene rings is 2. The highest BCUT2D eigenvalue weighted by molar-refractivity contribution is 9.10. The van der Waals surface area contributed by atoms with E-state index in [9.17, 15) is 0 Å². The Morgan fingerprint density at radius 2 is 2.00 bits per heavy atom. The van der Waals surface area contributed by atoms with E-state index in [1.165, 1.54) is 0 Å². The molecule has 0 unspecified atom stereocenters. The Morgan fingerprint density at radius 1 is 1.20 bits per heavy atom. The summed E-state index contributed by atoms with van der Waals surface area (Å²) < 4.78 is 6.09. The number of hydrogen-bond donors (Lipinski definition) is 0. The third-order valence-electron chi connectivity index (χ3n) is 2.30. The van der Waals surface area contributed by atoms with Crippen LogP contribution in [0, 0.1) is 11.3 Å². The molecular weight excluding hydrogens is 254 g/mol. The lowest BCUT2D eigenvalue weighted by Gasteiger charge is -2.07. The Labute approximate surface area is 96.2 Å². The van der Waals surface area contributed by atoms with Crippen molar-refractivity contribution in [1.29, 1.82) is 5.26 Å². The van der Waals surface area contributed by atoms with E-state index in [0.29, 0.717) is 5.56 Å². The molecule has 0 aromatic heterocycles. The van der Waals surface area contributed by atoms with Crippen molar-refractivity contribution in [2.45, 2.75) is 0 Å². The molecule has 0 saturated carbocycles. The Balaban J connectivity index is 2.86. The van der Waals surface area contributed by atoms with Crippen LogP contribution in [0.25, 0.3) is 10.8 Å². The first-order valence-corrected chi connectivity index (χ1v) is 5.22. The van der Waals surface area contributed by atoms with Crippen LogP contribution in [-0.2, 0) is 0 Å². The van der Waals surface area contributed by atoms with E-state index < -0.39 is 0 Å². The first-order valence-electron chi connectivity index (χ1n) is 4.43. The van der Waals surface area contributed by atoms with E-state index in [1.807, 2.05) is 24.3 Å². The lowest BCUT2D eigenvalue weighted by atomic mass is 10.1. The molecule has 0 fully saturated rings. The molecule has 3 heteroatoms. The van der Waals surface area contributed by atoms with E-state index in [4.69, 9.17) is 10.00 Å². The molecule has 0 amide bonds. The summed E-state index contributed by atoms with van der Waals surface area (Å²) in [7, 11) is 1.63. The lowest BCUT2D eigenvalue weighted by Crippen LogP contribution is -1.86. The van der Waals surface area contributed by atoms with E-state index in [2.05, 4.69) is 22.0 Å². The molecular formula is C12H8BrNO. The molecule has 2 rings (SSSR count). The summed E-state index contributed by atoms with van der Waals surface area (Å²) in [5.41, 5.74) is 0.677. The van der Waals surface area contributed by atoms with Crippen LogP contribution >= 0.6 is 15.9 Å². The molecule has 0 bridgehead atoms. The van der Waals surface area contributed by atoms with Crippen LogP contribution < -0.4 is 4.74 Å². The summed E-state index contributed by atoms with van der Waals surface area (Å²) in [6.45, 7) is 0. The van der Waals surface area contributed by atoms with Gasteiger partial charge in [-0.05, 0) is 34.1 Å². The fraction of sp³-hybridized carbons (Fsp3) is 0.0833. The number of ether oxygens (including phenoxy) is 1. The molecule has 0 aliphatic rings. The van der Waals surface area contributed by atoms with Gasteiger partial charge in [-0.1, -0.05) is 12.1 Å². The fourth-order valence-corrected chi connectivity index (χ4v) is 2.20. The Hall–Kier alpha value is -1.53. The average Bonchev–Trinajstić information content (AvgIpc) is 2.29. The van der Waals surface area contributed by atoms with Gasteiger partial charge in [0.1, 0.15) is 5.75 Å². The first kappa shape index (κ1) is 10.0. The molecule has 0 saturated heterocycles. The van der Waals surface area contributed by atoms with Gasteiger partial charge in [-0.3, -0.25) is 0 Å². The minimum atomic E-state index is 0.677. The van der Waals surface area contributed by atoms with Gasteiger partial charge in [0.2, 0.25) is 0 Å². The van der Waals surface area contributed by atoms with Crippen molar-refractivity contribution in [3.05, 3.63) is 40.4 Å². The normalized spacial score (nSPS) is 9.93. The molecule has 0 spiro atoms. The van der Waals surface area contributed by atoms with Crippen molar-refractivity contribution in [3.63, 3.8) is 0 Å². The summed E-state index contributed by atoms with van der Waals surface area (Å²) in [5.74, 6) is 0.776. The van der Waals surface area contributed by atoms with Crippen LogP contribution in [0.15, 0.2) is 34.8 Å². The smallest absolute Gasteiger partial charge is 0.133 e. The molecule has 15 heavy (non-hydrogen) atoms. The van der Waals surface area contributed by atoms with Gasteiger partial charge in [0, 0.05) is 10.8 Å². The molecule has 0 atom stereocenters. The zero-order valence-electron chi connectivity index (χ0n) is 8.12. The molecule has 2 nitrogen and oxygen atoms in total. The van der Waals surface area contributed by atoms with Gasteiger partial charge < -0.3 is 4.74 Å². The standard InChI is InChI=1S/C12H8BrNO/c1-15-11-6-5-9-8(7-14)3-2-4-10(9)12(11)13/h2-6H,1H3. The van der Waals surface area contributed by atoms with Crippen LogP contribution in [0.2, 0.25) is 0 Å². The van der Waals surface area contributed by atoms with Crippen LogP contribution in [0.5, 0.6) is 5.75 Å². The first-order chi connectivity index (χ1) is 7.27. The number of nitriles is 1. The van der Waals surface area contributed by atoms with Gasteiger partial charge in [0.15, 0.2) is 0 Å². The number of nitrogens with zero attached hydrogens (tertiary/aromatic N) is 1. The molecule has 0 N–H and O–H groups in total. The van der Waals surface area contributed by atoms with Gasteiger partial charge in [-0.15, -0.1) is 0 Å². The second-order valence-corrected chi connectivity index (χ2v) is 3.89. The maximum atomic E-state index is 8.96. The Kier molecular flexibility index (Phi) is 2.61. The summed E-state index contributed by atoms with van der Waals surface area (Å²) in [4.78, 5) is 0. The van der Waals surface area contributed by atoms with Crippen molar-refractivity contribution in [2.75, 3.05) is 7.11 Å². The van der Waals surface area contributed by atoms with Gasteiger partial charge in [0.05, 0.1) is 23.2 Å². The predicted octanol–water partition coefficient (Wildman–Crippen LogP) is 3.48. The largest absolute Gasteiger partial charge is 0.496 e. The maximum Gasteiger partial charge on any atom is 0.133 e. The highest BCUT2D eigenvalue weighted by Gasteiger charge is 2.07. The zero-order chi connectivity index (χ0) is 10.8. The van der Waals surface area contributed by atoms with Crippen molar-refractivity contribution in [2.24, 2.45) is 0 Å². The molecule has 2 aromatic carbocycles. The third kappa shape index (κ3) is 1.57. The van der Waals surface area contributed by atoms with Gasteiger partial charge in [-0.25, -0.2) is 0 Å². The third-order valence-corrected chi connectivity index (χ3v) is 3.12. The summed E-state index contributed by atoms with van der Waals surface area (Å²) in [6.07, 6.45) is 0. The highest BCUT2D eigenvalue weighted by Crippen LogP contribution is 2.33. The van der Waals surface area contributed by atoms with E-state index in [1.54, 1.807) is 13.2 Å². The van der Waals surface area contributed by atoms with Crippen molar-refractivity contribution in [1.82, 2.24) is 0 Å². The molecule has 0 heterocycles. The van der Waals surface area contributed by atoms with Crippen LogP contribution in [0.4, 0.5) is 0 Å². The molecule has 2 aromatic rings. The van der Waals surface area contributed by atoms with Crippen LogP contribution in [0.1, 0.15) is 5.56 Å². The quantitative estimate of drug-likeness (QED) is 0.788. The van der Waals surface area contributed by atoms with Crippen molar-refractivity contribution >= 4 is 26.7 Å². The van der Waals surface area contributed by atoms with Gasteiger partial charge in [-0.2, -0.15) is 5.26 Å². The average molecular weight is 262 g/mol. The highest BCUT2D eigenvalue weighted by atomic mass is 79.9. The number of fused-ring (bicyclic) bond motifs is 1. The van der Waals surface area contributed by atoms with Crippen molar-refractivity contribution < 1.29 is 4.74 Å². The molecule has 74 valence electrons. The second kappa shape index (κ2) is 3.92. The summed E-state index contributed by atoms with van der Waals surface area (Å²) in [5, 5.41) is 10.9. The van der Waals surface area contributed by atoms with E-state index in [-0.39, 0.29) is 0 Å². The number of rotatable bonds is 1. The van der Waals surface area contributed by atoms with E-state index in [0.717, 1.165) is 21.0 Å². The summed E-state index contributed by atoms with van der Waals surface area (Å²) in [6, 6.07) is 11.6. The SMILES string of the molecule is COc1ccc2c(C#N)cccc2c1Br. The minimum Gasteiger partial charge on any atom is -0.496 e. The molecule has 0 aliphatic carbocycles. The Bertz CT molecular complexity index is 557.